The summed E-state index contributed by atoms with van der Waals surface area (Å²) in [5, 5.41) is 3.40. The summed E-state index contributed by atoms with van der Waals surface area (Å²) in [4.78, 5) is 36.8. The summed E-state index contributed by atoms with van der Waals surface area (Å²) < 4.78 is 13.7. The van der Waals surface area contributed by atoms with E-state index in [0.717, 1.165) is 32.1 Å². The number of anilines is 1. The second-order valence-electron chi connectivity index (χ2n) is 8.01. The Kier molecular flexibility index (Phi) is 7.29. The van der Waals surface area contributed by atoms with E-state index in [4.69, 9.17) is 11.6 Å². The summed E-state index contributed by atoms with van der Waals surface area (Å²) in [7, 11) is 0. The number of hydrogen-bond acceptors (Lipinski definition) is 4. The standard InChI is InChI=1S/C25H24ClFN4O2/c26-20-8-4-5-9-22(20)31(25(33)21-16-28-14-15-29-21)23(17-10-12-18(27)13-11-17)24(32)30-19-6-2-1-3-7-19/h4-5,8-16,19,23H,1-3,6-7H2,(H,30,32). The van der Waals surface area contributed by atoms with Crippen LogP contribution in [0.5, 0.6) is 0 Å². The minimum atomic E-state index is -1.08. The lowest BCUT2D eigenvalue weighted by Gasteiger charge is -2.33. The van der Waals surface area contributed by atoms with Gasteiger partial charge in [-0.1, -0.05) is 55.1 Å². The predicted molar refractivity (Wildman–Crippen MR) is 124 cm³/mol. The number of nitrogens with one attached hydrogen (secondary N) is 1. The lowest BCUT2D eigenvalue weighted by molar-refractivity contribution is -0.123. The fraction of sp³-hybridized carbons (Fsp3) is 0.280. The van der Waals surface area contributed by atoms with Crippen LogP contribution < -0.4 is 10.2 Å². The third-order valence-corrected chi connectivity index (χ3v) is 6.08. The molecule has 1 aromatic heterocycles. The Morgan fingerprint density at radius 1 is 1.03 bits per heavy atom. The van der Waals surface area contributed by atoms with Crippen LogP contribution in [0, 0.1) is 5.82 Å². The Bertz CT molecular complexity index is 1100. The molecule has 1 N–H and O–H groups in total. The molecule has 170 valence electrons. The van der Waals surface area contributed by atoms with Gasteiger partial charge < -0.3 is 5.32 Å². The van der Waals surface area contributed by atoms with Crippen molar-refractivity contribution in [3.8, 4) is 0 Å². The normalized spacial score (nSPS) is 15.0. The molecule has 2 aromatic carbocycles. The van der Waals surface area contributed by atoms with Gasteiger partial charge in [-0.3, -0.25) is 19.5 Å². The highest BCUT2D eigenvalue weighted by Gasteiger charge is 2.36. The number of halogens is 2. The molecule has 1 atom stereocenters. The Balaban J connectivity index is 1.81. The topological polar surface area (TPSA) is 75.2 Å². The van der Waals surface area contributed by atoms with Gasteiger partial charge in [0.15, 0.2) is 0 Å². The fourth-order valence-electron chi connectivity index (χ4n) is 4.14. The molecule has 8 heteroatoms. The summed E-state index contributed by atoms with van der Waals surface area (Å²) in [6.07, 6.45) is 9.20. The summed E-state index contributed by atoms with van der Waals surface area (Å²) in [6, 6.07) is 11.3. The Morgan fingerprint density at radius 3 is 2.42 bits per heavy atom. The molecule has 2 amide bonds. The number of carbonyl (C=O) groups is 2. The highest BCUT2D eigenvalue weighted by molar-refractivity contribution is 6.34. The summed E-state index contributed by atoms with van der Waals surface area (Å²) in [6.45, 7) is 0. The Labute approximate surface area is 196 Å². The smallest absolute Gasteiger partial charge is 0.279 e. The zero-order valence-corrected chi connectivity index (χ0v) is 18.7. The second kappa shape index (κ2) is 10.5. The van der Waals surface area contributed by atoms with Gasteiger partial charge in [-0.2, -0.15) is 0 Å². The largest absolute Gasteiger partial charge is 0.351 e. The number of para-hydroxylation sites is 1. The summed E-state index contributed by atoms with van der Waals surface area (Å²) in [5.74, 6) is -1.33. The van der Waals surface area contributed by atoms with Crippen LogP contribution in [0.1, 0.15) is 54.2 Å². The minimum Gasteiger partial charge on any atom is -0.351 e. The van der Waals surface area contributed by atoms with Crippen molar-refractivity contribution in [3.05, 3.63) is 89.2 Å². The highest BCUT2D eigenvalue weighted by atomic mass is 35.5. The SMILES string of the molecule is O=C(NC1CCCCC1)C(c1ccc(F)cc1)N(C(=O)c1cnccn1)c1ccccc1Cl. The molecule has 0 spiro atoms. The van der Waals surface area contributed by atoms with Crippen molar-refractivity contribution < 1.29 is 14.0 Å². The van der Waals surface area contributed by atoms with Crippen molar-refractivity contribution in [1.29, 1.82) is 0 Å². The maximum atomic E-state index is 13.7. The molecule has 1 heterocycles. The van der Waals surface area contributed by atoms with Gasteiger partial charge in [0, 0.05) is 18.4 Å². The van der Waals surface area contributed by atoms with Crippen molar-refractivity contribution in [3.63, 3.8) is 0 Å². The number of hydrogen-bond donors (Lipinski definition) is 1. The average Bonchev–Trinajstić information content (AvgIpc) is 2.84. The first-order chi connectivity index (χ1) is 16.0. The highest BCUT2D eigenvalue weighted by Crippen LogP contribution is 2.34. The van der Waals surface area contributed by atoms with E-state index in [0.29, 0.717) is 16.3 Å². The molecule has 1 fully saturated rings. The van der Waals surface area contributed by atoms with E-state index in [2.05, 4.69) is 15.3 Å². The molecule has 1 saturated carbocycles. The quantitative estimate of drug-likeness (QED) is 0.548. The number of amides is 2. The third-order valence-electron chi connectivity index (χ3n) is 5.76. The molecule has 3 aromatic rings. The molecule has 0 saturated heterocycles. The van der Waals surface area contributed by atoms with Crippen molar-refractivity contribution in [2.24, 2.45) is 0 Å². The van der Waals surface area contributed by atoms with E-state index < -0.39 is 17.8 Å². The van der Waals surface area contributed by atoms with E-state index in [1.807, 2.05) is 0 Å². The van der Waals surface area contributed by atoms with Crippen molar-refractivity contribution in [1.82, 2.24) is 15.3 Å². The number of benzene rings is 2. The van der Waals surface area contributed by atoms with E-state index in [9.17, 15) is 14.0 Å². The van der Waals surface area contributed by atoms with Crippen LogP contribution in [0.2, 0.25) is 5.02 Å². The monoisotopic (exact) mass is 466 g/mol. The van der Waals surface area contributed by atoms with Gasteiger partial charge in [-0.05, 0) is 42.7 Å². The first-order valence-corrected chi connectivity index (χ1v) is 11.3. The molecule has 0 bridgehead atoms. The lowest BCUT2D eigenvalue weighted by atomic mass is 9.94. The van der Waals surface area contributed by atoms with Crippen LogP contribution in [-0.4, -0.2) is 27.8 Å². The van der Waals surface area contributed by atoms with Gasteiger partial charge in [-0.25, -0.2) is 9.37 Å². The molecule has 0 radical (unpaired) electrons. The predicted octanol–water partition coefficient (Wildman–Crippen LogP) is 5.11. The van der Waals surface area contributed by atoms with E-state index in [-0.39, 0.29) is 17.6 Å². The summed E-state index contributed by atoms with van der Waals surface area (Å²) in [5.41, 5.74) is 0.875. The van der Waals surface area contributed by atoms with E-state index in [1.54, 1.807) is 24.3 Å². The van der Waals surface area contributed by atoms with Crippen molar-refractivity contribution in [2.75, 3.05) is 4.90 Å². The van der Waals surface area contributed by atoms with Gasteiger partial charge in [0.1, 0.15) is 17.6 Å². The molecule has 1 aliphatic rings. The van der Waals surface area contributed by atoms with Gasteiger partial charge in [-0.15, -0.1) is 0 Å². The van der Waals surface area contributed by atoms with Gasteiger partial charge in [0.2, 0.25) is 5.91 Å². The first-order valence-electron chi connectivity index (χ1n) is 10.9. The maximum absolute atomic E-state index is 13.7. The molecular formula is C25H24ClFN4O2. The van der Waals surface area contributed by atoms with Crippen LogP contribution >= 0.6 is 11.6 Å². The van der Waals surface area contributed by atoms with Crippen LogP contribution in [0.3, 0.4) is 0 Å². The van der Waals surface area contributed by atoms with Gasteiger partial charge >= 0.3 is 0 Å². The average molecular weight is 467 g/mol. The number of carbonyl (C=O) groups excluding carboxylic acids is 2. The van der Waals surface area contributed by atoms with Crippen LogP contribution in [0.4, 0.5) is 10.1 Å². The van der Waals surface area contributed by atoms with E-state index in [1.165, 1.54) is 47.8 Å². The molecular weight excluding hydrogens is 443 g/mol. The Hall–Kier alpha value is -3.32. The van der Waals surface area contributed by atoms with Crippen LogP contribution in [0.25, 0.3) is 0 Å². The lowest BCUT2D eigenvalue weighted by Crippen LogP contribution is -2.47. The molecule has 6 nitrogen and oxygen atoms in total. The third kappa shape index (κ3) is 5.37. The zero-order chi connectivity index (χ0) is 23.2. The number of rotatable bonds is 6. The Morgan fingerprint density at radius 2 is 1.76 bits per heavy atom. The molecule has 1 unspecified atom stereocenters. The minimum absolute atomic E-state index is 0.0221. The fourth-order valence-corrected chi connectivity index (χ4v) is 4.36. The van der Waals surface area contributed by atoms with Crippen molar-refractivity contribution >= 4 is 29.1 Å². The molecule has 1 aliphatic carbocycles. The van der Waals surface area contributed by atoms with Gasteiger partial charge in [0.25, 0.3) is 5.91 Å². The first kappa shape index (κ1) is 22.9. The maximum Gasteiger partial charge on any atom is 0.279 e. The van der Waals surface area contributed by atoms with Gasteiger partial charge in [0.05, 0.1) is 16.9 Å². The number of aromatic nitrogens is 2. The second-order valence-corrected chi connectivity index (χ2v) is 8.42. The number of nitrogens with zero attached hydrogens (tertiary/aromatic N) is 3. The molecule has 0 aliphatic heterocycles. The van der Waals surface area contributed by atoms with Crippen molar-refractivity contribution in [2.45, 2.75) is 44.2 Å². The van der Waals surface area contributed by atoms with Crippen LogP contribution in [0.15, 0.2) is 67.1 Å². The van der Waals surface area contributed by atoms with E-state index >= 15 is 0 Å². The molecule has 33 heavy (non-hydrogen) atoms. The summed E-state index contributed by atoms with van der Waals surface area (Å²) >= 11 is 6.48. The molecule has 4 rings (SSSR count). The van der Waals surface area contributed by atoms with Crippen LogP contribution in [-0.2, 0) is 4.79 Å². The zero-order valence-electron chi connectivity index (χ0n) is 18.0.